The van der Waals surface area contributed by atoms with Gasteiger partial charge in [-0.05, 0) is 89.9 Å². The number of unbranched alkanes of at least 4 members (excludes halogenated alkanes) is 3. The van der Waals surface area contributed by atoms with E-state index in [4.69, 9.17) is 0 Å². The van der Waals surface area contributed by atoms with Crippen molar-refractivity contribution in [3.63, 3.8) is 0 Å². The van der Waals surface area contributed by atoms with Crippen molar-refractivity contribution in [3.8, 4) is 0 Å². The van der Waals surface area contributed by atoms with Gasteiger partial charge in [0.1, 0.15) is 0 Å². The highest BCUT2D eigenvalue weighted by atomic mass is 14.4. The highest BCUT2D eigenvalue weighted by molar-refractivity contribution is 5.45. The molecular formula is C32H54. The molecule has 182 valence electrons. The summed E-state index contributed by atoms with van der Waals surface area (Å²) in [6.45, 7) is 24.2. The molecule has 0 radical (unpaired) electrons. The molecule has 0 aromatic heterocycles. The van der Waals surface area contributed by atoms with Gasteiger partial charge in [-0.1, -0.05) is 112 Å². The number of rotatable bonds is 10. The van der Waals surface area contributed by atoms with Crippen molar-refractivity contribution in [2.45, 2.75) is 138 Å². The summed E-state index contributed by atoms with van der Waals surface area (Å²) < 4.78 is 0. The predicted molar refractivity (Wildman–Crippen MR) is 145 cm³/mol. The van der Waals surface area contributed by atoms with Crippen LogP contribution in [0.5, 0.6) is 0 Å². The summed E-state index contributed by atoms with van der Waals surface area (Å²) in [5.74, 6) is 2.06. The number of hydrogen-bond acceptors (Lipinski definition) is 0. The van der Waals surface area contributed by atoms with Crippen molar-refractivity contribution >= 4 is 0 Å². The normalized spacial score (nSPS) is 20.0. The van der Waals surface area contributed by atoms with Gasteiger partial charge in [-0.15, -0.1) is 0 Å². The van der Waals surface area contributed by atoms with Crippen molar-refractivity contribution in [1.82, 2.24) is 0 Å². The van der Waals surface area contributed by atoms with Crippen LogP contribution < -0.4 is 0 Å². The van der Waals surface area contributed by atoms with E-state index in [1.807, 2.05) is 0 Å². The first-order chi connectivity index (χ1) is 14.9. The van der Waals surface area contributed by atoms with Crippen molar-refractivity contribution in [1.29, 1.82) is 0 Å². The minimum Gasteiger partial charge on any atom is -0.0850 e. The quantitative estimate of drug-likeness (QED) is 0.252. The Hall–Kier alpha value is -1.04. The fourth-order valence-electron chi connectivity index (χ4n) is 6.05. The lowest BCUT2D eigenvalue weighted by Crippen LogP contribution is -2.31. The van der Waals surface area contributed by atoms with Crippen molar-refractivity contribution in [2.75, 3.05) is 0 Å². The zero-order valence-electron chi connectivity index (χ0n) is 23.3. The van der Waals surface area contributed by atoms with Crippen LogP contribution in [0.25, 0.3) is 0 Å². The summed E-state index contributed by atoms with van der Waals surface area (Å²) in [7, 11) is 0. The average molecular weight is 439 g/mol. The molecule has 0 spiro atoms. The Morgan fingerprint density at radius 1 is 0.969 bits per heavy atom. The van der Waals surface area contributed by atoms with Crippen molar-refractivity contribution < 1.29 is 0 Å². The maximum absolute atomic E-state index is 2.63. The molecule has 0 saturated heterocycles. The molecule has 0 fully saturated rings. The second-order valence-corrected chi connectivity index (χ2v) is 12.9. The summed E-state index contributed by atoms with van der Waals surface area (Å²) in [4.78, 5) is 0. The third-order valence-corrected chi connectivity index (χ3v) is 8.10. The Bertz CT molecular complexity index is 753. The predicted octanol–water partition coefficient (Wildman–Crippen LogP) is 10.3. The summed E-state index contributed by atoms with van der Waals surface area (Å²) in [6.07, 6.45) is 14.2. The van der Waals surface area contributed by atoms with Crippen LogP contribution in [-0.4, -0.2) is 0 Å². The maximum Gasteiger partial charge on any atom is -0.00831 e. The van der Waals surface area contributed by atoms with E-state index in [-0.39, 0.29) is 5.41 Å². The minimum absolute atomic E-state index is 0.257. The molecule has 0 nitrogen and oxygen atoms in total. The largest absolute Gasteiger partial charge is 0.0850 e. The molecule has 0 heterocycles. The van der Waals surface area contributed by atoms with Gasteiger partial charge in [0.15, 0.2) is 0 Å². The zero-order valence-corrected chi connectivity index (χ0v) is 23.3. The molecule has 0 heteroatoms. The van der Waals surface area contributed by atoms with E-state index in [0.29, 0.717) is 17.3 Å². The molecule has 0 amide bonds. The van der Waals surface area contributed by atoms with Gasteiger partial charge in [-0.25, -0.2) is 0 Å². The highest BCUT2D eigenvalue weighted by Gasteiger charge is 2.37. The molecule has 1 aliphatic carbocycles. The van der Waals surface area contributed by atoms with E-state index in [1.54, 1.807) is 27.8 Å². The Kier molecular flexibility index (Phi) is 9.69. The van der Waals surface area contributed by atoms with E-state index in [1.165, 1.54) is 57.8 Å². The Balaban J connectivity index is 2.51. The molecule has 0 N–H and O–H groups in total. The summed E-state index contributed by atoms with van der Waals surface area (Å²) in [6, 6.07) is 5.20. The molecule has 1 aromatic carbocycles. The van der Waals surface area contributed by atoms with Crippen LogP contribution in [0.1, 0.15) is 142 Å². The first-order valence-electron chi connectivity index (χ1n) is 13.7. The van der Waals surface area contributed by atoms with Crippen LogP contribution >= 0.6 is 0 Å². The topological polar surface area (TPSA) is 0 Å². The van der Waals surface area contributed by atoms with E-state index in [9.17, 15) is 0 Å². The SMILES string of the molecule is CCCCCCC(C)(C)c1cc(C)c(C2CC(CC)=CCC2C(C)(C)C)c(CC(C)C)c1. The lowest BCUT2D eigenvalue weighted by molar-refractivity contribution is 0.190. The lowest BCUT2D eigenvalue weighted by Gasteiger charge is -2.42. The van der Waals surface area contributed by atoms with Crippen LogP contribution in [-0.2, 0) is 11.8 Å². The molecule has 1 aromatic rings. The first-order valence-corrected chi connectivity index (χ1v) is 13.7. The third kappa shape index (κ3) is 6.98. The number of hydrogen-bond donors (Lipinski definition) is 0. The Morgan fingerprint density at radius 3 is 2.22 bits per heavy atom. The standard InChI is InChI=1S/C32H54/c1-11-13-14-15-18-32(9,10)27-20-24(5)30(26(22-27)19-23(3)4)28-21-25(12-2)16-17-29(28)31(6,7)8/h16,20,22-23,28-29H,11-15,17-19,21H2,1-10H3. The Labute approximate surface area is 201 Å². The van der Waals surface area contributed by atoms with Crippen LogP contribution in [0.3, 0.4) is 0 Å². The fraction of sp³-hybridized carbons (Fsp3) is 0.750. The summed E-state index contributed by atoms with van der Waals surface area (Å²) in [5, 5.41) is 0. The minimum atomic E-state index is 0.257. The van der Waals surface area contributed by atoms with E-state index >= 15 is 0 Å². The second kappa shape index (κ2) is 11.4. The number of allylic oxidation sites excluding steroid dienone is 2. The molecule has 2 atom stereocenters. The van der Waals surface area contributed by atoms with Crippen LogP contribution in [0.4, 0.5) is 0 Å². The highest BCUT2D eigenvalue weighted by Crippen LogP contribution is 2.49. The molecule has 2 rings (SSSR count). The molecular weight excluding hydrogens is 384 g/mol. The van der Waals surface area contributed by atoms with Gasteiger partial charge in [-0.3, -0.25) is 0 Å². The summed E-state index contributed by atoms with van der Waals surface area (Å²) in [5.41, 5.74) is 8.73. The van der Waals surface area contributed by atoms with Crippen molar-refractivity contribution in [3.05, 3.63) is 46.0 Å². The maximum atomic E-state index is 2.63. The van der Waals surface area contributed by atoms with E-state index in [0.717, 1.165) is 5.92 Å². The molecule has 2 unspecified atom stereocenters. The van der Waals surface area contributed by atoms with Gasteiger partial charge in [0.2, 0.25) is 0 Å². The number of aryl methyl sites for hydroxylation is 1. The molecule has 32 heavy (non-hydrogen) atoms. The van der Waals surface area contributed by atoms with Crippen LogP contribution in [0.15, 0.2) is 23.8 Å². The number of benzene rings is 1. The van der Waals surface area contributed by atoms with Gasteiger partial charge < -0.3 is 0 Å². The van der Waals surface area contributed by atoms with Gasteiger partial charge in [0.05, 0.1) is 0 Å². The lowest BCUT2D eigenvalue weighted by atomic mass is 9.63. The van der Waals surface area contributed by atoms with Gasteiger partial charge in [0, 0.05) is 0 Å². The van der Waals surface area contributed by atoms with E-state index < -0.39 is 0 Å². The van der Waals surface area contributed by atoms with E-state index in [2.05, 4.69) is 87.4 Å². The Morgan fingerprint density at radius 2 is 1.66 bits per heavy atom. The van der Waals surface area contributed by atoms with Gasteiger partial charge >= 0.3 is 0 Å². The first kappa shape index (κ1) is 27.2. The van der Waals surface area contributed by atoms with Crippen LogP contribution in [0, 0.1) is 24.2 Å². The van der Waals surface area contributed by atoms with Gasteiger partial charge in [0.25, 0.3) is 0 Å². The molecule has 1 aliphatic rings. The monoisotopic (exact) mass is 438 g/mol. The van der Waals surface area contributed by atoms with Gasteiger partial charge in [-0.2, -0.15) is 0 Å². The third-order valence-electron chi connectivity index (χ3n) is 8.10. The smallest absolute Gasteiger partial charge is 0.00831 e. The molecule has 0 saturated carbocycles. The fourth-order valence-corrected chi connectivity index (χ4v) is 6.05. The van der Waals surface area contributed by atoms with Crippen LogP contribution in [0.2, 0.25) is 0 Å². The molecule has 0 bridgehead atoms. The average Bonchev–Trinajstić information content (AvgIpc) is 2.69. The summed E-state index contributed by atoms with van der Waals surface area (Å²) >= 11 is 0. The molecule has 0 aliphatic heterocycles. The second-order valence-electron chi connectivity index (χ2n) is 12.9. The van der Waals surface area contributed by atoms with Crippen molar-refractivity contribution in [2.24, 2.45) is 17.3 Å². The zero-order chi connectivity index (χ0) is 24.1.